The van der Waals surface area contributed by atoms with E-state index in [9.17, 15) is 45.1 Å². The zero-order chi connectivity index (χ0) is 34.2. The van der Waals surface area contributed by atoms with Crippen LogP contribution in [0, 0.1) is 5.82 Å². The van der Waals surface area contributed by atoms with Crippen LogP contribution in [0.5, 0.6) is 0 Å². The number of carboxylic acid groups (broad SMARTS) is 2. The molecule has 10 nitrogen and oxygen atoms in total. The minimum atomic E-state index is -5.01. The summed E-state index contributed by atoms with van der Waals surface area (Å²) in [5.74, 6) is -3.43. The smallest absolute Gasteiger partial charge is 0.416 e. The highest BCUT2D eigenvalue weighted by atomic mass is 19.4. The van der Waals surface area contributed by atoms with Crippen LogP contribution in [0.2, 0.25) is 0 Å². The van der Waals surface area contributed by atoms with Crippen molar-refractivity contribution in [3.05, 3.63) is 88.9 Å². The normalized spacial score (nSPS) is 13.6. The predicted octanol–water partition coefficient (Wildman–Crippen LogP) is 4.71. The first-order valence-corrected chi connectivity index (χ1v) is 13.2. The number of carbonyl (C=O) groups is 3. The van der Waals surface area contributed by atoms with Gasteiger partial charge in [-0.2, -0.15) is 26.3 Å². The number of hydrogen-bond donors (Lipinski definition) is 3. The summed E-state index contributed by atoms with van der Waals surface area (Å²) >= 11 is 0. The first-order chi connectivity index (χ1) is 21.5. The van der Waals surface area contributed by atoms with Gasteiger partial charge in [0.05, 0.1) is 22.4 Å². The molecular weight excluding hydrogens is 631 g/mol. The highest BCUT2D eigenvalue weighted by Crippen LogP contribution is 2.36. The number of alkyl halides is 6. The average molecular weight is 658 g/mol. The van der Waals surface area contributed by atoms with Crippen LogP contribution in [-0.2, 0) is 28.5 Å². The van der Waals surface area contributed by atoms with Gasteiger partial charge in [-0.25, -0.2) is 23.9 Å². The van der Waals surface area contributed by atoms with E-state index in [1.165, 1.54) is 37.5 Å². The van der Waals surface area contributed by atoms with Crippen LogP contribution < -0.4 is 10.2 Å². The molecule has 246 valence electrons. The Morgan fingerprint density at radius 2 is 1.43 bits per heavy atom. The van der Waals surface area contributed by atoms with Gasteiger partial charge in [0.25, 0.3) is 5.91 Å². The van der Waals surface area contributed by atoms with Gasteiger partial charge < -0.3 is 25.3 Å². The van der Waals surface area contributed by atoms with Crippen molar-refractivity contribution in [1.82, 2.24) is 20.2 Å². The second-order valence-electron chi connectivity index (χ2n) is 9.76. The fourth-order valence-electron chi connectivity index (χ4n) is 4.18. The highest BCUT2D eigenvalue weighted by Gasteiger charge is 2.37. The Kier molecular flexibility index (Phi) is 11.4. The van der Waals surface area contributed by atoms with Gasteiger partial charge in [-0.3, -0.25) is 4.79 Å². The van der Waals surface area contributed by atoms with Gasteiger partial charge in [-0.15, -0.1) is 0 Å². The summed E-state index contributed by atoms with van der Waals surface area (Å²) in [6.07, 6.45) is -7.65. The molecule has 3 N–H and O–H groups in total. The maximum atomic E-state index is 13.6. The van der Waals surface area contributed by atoms with Gasteiger partial charge in [-0.1, -0.05) is 0 Å². The Balaban J connectivity index is 0.000000637. The van der Waals surface area contributed by atoms with Crippen LogP contribution in [0.25, 0.3) is 11.3 Å². The number of halogens is 7. The van der Waals surface area contributed by atoms with E-state index >= 15 is 0 Å². The number of carbonyl (C=O) groups excluding carboxylic acids is 1. The molecule has 1 amide bonds. The largest absolute Gasteiger partial charge is 0.478 e. The monoisotopic (exact) mass is 657 g/mol. The van der Waals surface area contributed by atoms with Gasteiger partial charge >= 0.3 is 24.3 Å². The molecule has 0 unspecified atom stereocenters. The number of amides is 1. The van der Waals surface area contributed by atoms with Gasteiger partial charge in [0.1, 0.15) is 5.82 Å². The van der Waals surface area contributed by atoms with Crippen LogP contribution in [0.3, 0.4) is 0 Å². The van der Waals surface area contributed by atoms with E-state index in [1.54, 1.807) is 0 Å². The molecule has 0 spiro atoms. The maximum absolute atomic E-state index is 13.6. The van der Waals surface area contributed by atoms with Crippen molar-refractivity contribution in [1.29, 1.82) is 0 Å². The second-order valence-corrected chi connectivity index (χ2v) is 9.76. The zero-order valence-corrected chi connectivity index (χ0v) is 23.9. The van der Waals surface area contributed by atoms with E-state index in [0.29, 0.717) is 62.0 Å². The molecule has 1 saturated heterocycles. The van der Waals surface area contributed by atoms with Crippen molar-refractivity contribution < 1.29 is 55.3 Å². The second kappa shape index (κ2) is 14.8. The Bertz CT molecular complexity index is 1540. The van der Waals surface area contributed by atoms with E-state index in [1.807, 2.05) is 4.90 Å². The number of aliphatic carboxylic acids is 2. The van der Waals surface area contributed by atoms with Crippen molar-refractivity contribution in [2.45, 2.75) is 18.9 Å². The molecule has 3 aromatic rings. The molecule has 46 heavy (non-hydrogen) atoms. The lowest BCUT2D eigenvalue weighted by Crippen LogP contribution is -2.44. The number of nitrogens with one attached hydrogen (secondary N) is 1. The summed E-state index contributed by atoms with van der Waals surface area (Å²) in [7, 11) is 1.24. The third-order valence-electron chi connectivity index (χ3n) is 6.31. The minimum absolute atomic E-state index is 0.0284. The maximum Gasteiger partial charge on any atom is 0.416 e. The van der Waals surface area contributed by atoms with Gasteiger partial charge in [0.15, 0.2) is 0 Å². The number of anilines is 1. The Morgan fingerprint density at radius 1 is 0.913 bits per heavy atom. The number of rotatable bonds is 7. The number of hydrogen-bond acceptors (Lipinski definition) is 7. The van der Waals surface area contributed by atoms with Gasteiger partial charge in [-0.05, 0) is 48.0 Å². The lowest BCUT2D eigenvalue weighted by atomic mass is 10.0. The Labute approximate surface area is 256 Å². The van der Waals surface area contributed by atoms with Crippen LogP contribution in [0.1, 0.15) is 27.0 Å². The van der Waals surface area contributed by atoms with Crippen LogP contribution in [-0.4, -0.2) is 76.2 Å². The van der Waals surface area contributed by atoms with Crippen LogP contribution >= 0.6 is 0 Å². The third kappa shape index (κ3) is 9.98. The molecule has 0 saturated carbocycles. The SMILES string of the molecule is CN(Cc1cc(C(F)(F)F)cc(C(F)(F)F)c1)C(=O)c1cnc(N2CCNCC2)nc1-c1ccc(F)cc1.O=C(O)/C=C/C(=O)O. The van der Waals surface area contributed by atoms with Crippen molar-refractivity contribution >= 4 is 23.8 Å². The van der Waals surface area contributed by atoms with Gasteiger partial charge in [0.2, 0.25) is 5.95 Å². The van der Waals surface area contributed by atoms with E-state index in [-0.39, 0.29) is 22.9 Å². The Morgan fingerprint density at radius 3 is 1.91 bits per heavy atom. The molecule has 2 aromatic carbocycles. The van der Waals surface area contributed by atoms with E-state index in [2.05, 4.69) is 15.3 Å². The number of carboxylic acids is 2. The molecular formula is C29H26F7N5O5. The number of nitrogens with zero attached hydrogens (tertiary/aromatic N) is 4. The standard InChI is InChI=1S/C25H22F7N5O.C4H4O4/c1-36(14-15-10-17(24(27,28)29)12-18(11-15)25(30,31)32)22(38)20-13-34-23(37-8-6-33-7-9-37)35-21(20)16-2-4-19(26)5-3-16;5-3(6)1-2-4(7)8/h2-5,10-13,33H,6-9,14H2,1H3;1-2H,(H,5,6)(H,7,8)/b;2-1+. The summed E-state index contributed by atoms with van der Waals surface area (Å²) in [4.78, 5) is 44.1. The third-order valence-corrected chi connectivity index (χ3v) is 6.31. The average Bonchev–Trinajstić information content (AvgIpc) is 2.99. The molecule has 0 radical (unpaired) electrons. The van der Waals surface area contributed by atoms with Crippen molar-refractivity contribution in [3.63, 3.8) is 0 Å². The first-order valence-electron chi connectivity index (χ1n) is 13.2. The summed E-state index contributed by atoms with van der Waals surface area (Å²) in [6.45, 7) is 2.04. The van der Waals surface area contributed by atoms with Crippen molar-refractivity contribution in [3.8, 4) is 11.3 Å². The summed E-state index contributed by atoms with van der Waals surface area (Å²) in [5.41, 5.74) is -2.80. The molecule has 1 fully saturated rings. The lowest BCUT2D eigenvalue weighted by molar-refractivity contribution is -0.143. The Hall–Kier alpha value is -5.06. The molecule has 1 aliphatic heterocycles. The molecule has 1 aromatic heterocycles. The minimum Gasteiger partial charge on any atom is -0.478 e. The summed E-state index contributed by atoms with van der Waals surface area (Å²) < 4.78 is 93.1. The fourth-order valence-corrected chi connectivity index (χ4v) is 4.18. The van der Waals surface area contributed by atoms with E-state index < -0.39 is 53.7 Å². The predicted molar refractivity (Wildman–Crippen MR) is 149 cm³/mol. The number of piperazine rings is 1. The summed E-state index contributed by atoms with van der Waals surface area (Å²) in [6, 6.07) is 6.37. The fraction of sp³-hybridized carbons (Fsp3) is 0.276. The molecule has 4 rings (SSSR count). The zero-order valence-electron chi connectivity index (χ0n) is 23.9. The van der Waals surface area contributed by atoms with Crippen molar-refractivity contribution in [2.75, 3.05) is 38.1 Å². The molecule has 0 bridgehead atoms. The highest BCUT2D eigenvalue weighted by molar-refractivity contribution is 5.99. The van der Waals surface area contributed by atoms with Crippen LogP contribution in [0.15, 0.2) is 60.8 Å². The van der Waals surface area contributed by atoms with E-state index in [0.717, 1.165) is 4.90 Å². The lowest BCUT2D eigenvalue weighted by Gasteiger charge is -2.28. The molecule has 0 atom stereocenters. The molecule has 2 heterocycles. The summed E-state index contributed by atoms with van der Waals surface area (Å²) in [5, 5.41) is 18.8. The number of benzene rings is 2. The molecule has 17 heteroatoms. The van der Waals surface area contributed by atoms with E-state index in [4.69, 9.17) is 10.2 Å². The molecule has 1 aliphatic rings. The number of aromatic nitrogens is 2. The quantitative estimate of drug-likeness (QED) is 0.244. The molecule has 0 aliphatic carbocycles. The first kappa shape index (κ1) is 35.4. The topological polar surface area (TPSA) is 136 Å². The van der Waals surface area contributed by atoms with Gasteiger partial charge in [0, 0.05) is 63.7 Å². The van der Waals surface area contributed by atoms with Crippen molar-refractivity contribution in [2.24, 2.45) is 0 Å². The van der Waals surface area contributed by atoms with Crippen LogP contribution in [0.4, 0.5) is 36.7 Å².